The maximum absolute atomic E-state index is 13.2. The van der Waals surface area contributed by atoms with Gasteiger partial charge in [0.25, 0.3) is 5.91 Å². The molecule has 168 valence electrons. The number of methoxy groups -OCH3 is 1. The second-order valence-corrected chi connectivity index (χ2v) is 8.31. The van der Waals surface area contributed by atoms with Gasteiger partial charge in [-0.3, -0.25) is 4.79 Å². The fourth-order valence-corrected chi connectivity index (χ4v) is 3.82. The third-order valence-corrected chi connectivity index (χ3v) is 5.80. The molecule has 7 heteroatoms. The van der Waals surface area contributed by atoms with Crippen molar-refractivity contribution >= 4 is 28.8 Å². The number of rotatable bonds is 5. The molecule has 34 heavy (non-hydrogen) atoms. The standard InChI is InChI=1S/C27H21ClN4O2/c1-17-3-11-21(12-4-17)30-27(33)23-16-29-32-25(19-5-9-20(28)10-6-19)15-24(31-26(23)32)18-7-13-22(34-2)14-8-18/h3-16H,1-2H3,(H,30,33). The highest BCUT2D eigenvalue weighted by Gasteiger charge is 2.19. The maximum atomic E-state index is 13.2. The lowest BCUT2D eigenvalue weighted by Gasteiger charge is -2.10. The van der Waals surface area contributed by atoms with Gasteiger partial charge in [0.2, 0.25) is 0 Å². The van der Waals surface area contributed by atoms with Crippen LogP contribution in [0.2, 0.25) is 5.02 Å². The third-order valence-electron chi connectivity index (χ3n) is 5.55. The van der Waals surface area contributed by atoms with Gasteiger partial charge in [-0.15, -0.1) is 0 Å². The van der Waals surface area contributed by atoms with E-state index in [0.29, 0.717) is 27.6 Å². The van der Waals surface area contributed by atoms with E-state index in [0.717, 1.165) is 28.1 Å². The number of anilines is 1. The Bertz CT molecular complexity index is 1470. The van der Waals surface area contributed by atoms with Crippen LogP contribution >= 0.6 is 11.6 Å². The zero-order valence-corrected chi connectivity index (χ0v) is 19.4. The smallest absolute Gasteiger partial charge is 0.261 e. The zero-order chi connectivity index (χ0) is 23.7. The molecule has 0 aliphatic carbocycles. The minimum absolute atomic E-state index is 0.278. The van der Waals surface area contributed by atoms with Crippen LogP contribution in [-0.4, -0.2) is 27.6 Å². The highest BCUT2D eigenvalue weighted by Crippen LogP contribution is 2.29. The van der Waals surface area contributed by atoms with Crippen LogP contribution in [0.3, 0.4) is 0 Å². The van der Waals surface area contributed by atoms with Crippen molar-refractivity contribution < 1.29 is 9.53 Å². The highest BCUT2D eigenvalue weighted by molar-refractivity contribution is 6.30. The Morgan fingerprint density at radius 2 is 1.62 bits per heavy atom. The molecule has 0 fully saturated rings. The van der Waals surface area contributed by atoms with Crippen LogP contribution in [0.5, 0.6) is 5.75 Å². The lowest BCUT2D eigenvalue weighted by molar-refractivity contribution is 0.102. The van der Waals surface area contributed by atoms with Gasteiger partial charge in [0.15, 0.2) is 5.65 Å². The molecule has 3 aromatic carbocycles. The van der Waals surface area contributed by atoms with Crippen molar-refractivity contribution in [2.75, 3.05) is 12.4 Å². The van der Waals surface area contributed by atoms with E-state index in [-0.39, 0.29) is 5.91 Å². The van der Waals surface area contributed by atoms with Gasteiger partial charge in [0, 0.05) is 21.8 Å². The average molecular weight is 469 g/mol. The number of carbonyl (C=O) groups is 1. The molecule has 2 aromatic heterocycles. The molecule has 0 radical (unpaired) electrons. The van der Waals surface area contributed by atoms with Crippen molar-refractivity contribution in [1.29, 1.82) is 0 Å². The summed E-state index contributed by atoms with van der Waals surface area (Å²) in [5.41, 5.74) is 5.97. The number of benzene rings is 3. The molecule has 5 aromatic rings. The quantitative estimate of drug-likeness (QED) is 0.329. The molecule has 0 bridgehead atoms. The third kappa shape index (κ3) is 4.23. The summed E-state index contributed by atoms with van der Waals surface area (Å²) in [4.78, 5) is 18.0. The van der Waals surface area contributed by atoms with E-state index >= 15 is 0 Å². The van der Waals surface area contributed by atoms with Crippen molar-refractivity contribution in [2.45, 2.75) is 6.92 Å². The van der Waals surface area contributed by atoms with Crippen LogP contribution in [0, 0.1) is 6.92 Å². The van der Waals surface area contributed by atoms with Crippen LogP contribution in [0.15, 0.2) is 85.1 Å². The summed E-state index contributed by atoms with van der Waals surface area (Å²) in [6.45, 7) is 2.00. The summed E-state index contributed by atoms with van der Waals surface area (Å²) >= 11 is 6.11. The van der Waals surface area contributed by atoms with Crippen molar-refractivity contribution in [2.24, 2.45) is 0 Å². The summed E-state index contributed by atoms with van der Waals surface area (Å²) in [5.74, 6) is 0.477. The summed E-state index contributed by atoms with van der Waals surface area (Å²) in [5, 5.41) is 8.08. The Morgan fingerprint density at radius 3 is 2.29 bits per heavy atom. The first-order chi connectivity index (χ1) is 16.5. The van der Waals surface area contributed by atoms with E-state index in [2.05, 4.69) is 10.4 Å². The topological polar surface area (TPSA) is 68.5 Å². The lowest BCUT2D eigenvalue weighted by Crippen LogP contribution is -2.12. The van der Waals surface area contributed by atoms with Crippen LogP contribution in [0.25, 0.3) is 28.2 Å². The molecular formula is C27H21ClN4O2. The van der Waals surface area contributed by atoms with Crippen molar-refractivity contribution in [1.82, 2.24) is 14.6 Å². The summed E-state index contributed by atoms with van der Waals surface area (Å²) in [7, 11) is 1.63. The molecule has 1 N–H and O–H groups in total. The Hall–Kier alpha value is -4.16. The Morgan fingerprint density at radius 1 is 0.941 bits per heavy atom. The molecule has 0 spiro atoms. The van der Waals surface area contributed by atoms with E-state index in [9.17, 15) is 4.79 Å². The van der Waals surface area contributed by atoms with Crippen molar-refractivity contribution in [3.05, 3.63) is 101 Å². The predicted molar refractivity (Wildman–Crippen MR) is 135 cm³/mol. The minimum atomic E-state index is -0.278. The van der Waals surface area contributed by atoms with Gasteiger partial charge < -0.3 is 10.1 Å². The number of hydrogen-bond acceptors (Lipinski definition) is 4. The van der Waals surface area contributed by atoms with E-state index in [1.807, 2.05) is 85.8 Å². The number of amides is 1. The van der Waals surface area contributed by atoms with Gasteiger partial charge in [0.05, 0.1) is 24.7 Å². The minimum Gasteiger partial charge on any atom is -0.497 e. The monoisotopic (exact) mass is 468 g/mol. The number of aryl methyl sites for hydroxylation is 1. The average Bonchev–Trinajstić information content (AvgIpc) is 3.30. The largest absolute Gasteiger partial charge is 0.497 e. The molecule has 0 aliphatic heterocycles. The molecule has 0 saturated heterocycles. The van der Waals surface area contributed by atoms with Gasteiger partial charge >= 0.3 is 0 Å². The maximum Gasteiger partial charge on any atom is 0.261 e. The number of ether oxygens (including phenoxy) is 1. The first-order valence-corrected chi connectivity index (χ1v) is 11.1. The number of carbonyl (C=O) groups excluding carboxylic acids is 1. The number of fused-ring (bicyclic) bond motifs is 1. The van der Waals surface area contributed by atoms with E-state index in [1.165, 1.54) is 0 Å². The lowest BCUT2D eigenvalue weighted by atomic mass is 10.1. The molecule has 0 atom stereocenters. The molecule has 0 aliphatic rings. The Kier molecular flexibility index (Phi) is 5.74. The van der Waals surface area contributed by atoms with E-state index < -0.39 is 0 Å². The Balaban J connectivity index is 1.64. The fraction of sp³-hybridized carbons (Fsp3) is 0.0741. The predicted octanol–water partition coefficient (Wildman–Crippen LogP) is 6.29. The molecular weight excluding hydrogens is 448 g/mol. The number of nitrogens with one attached hydrogen (secondary N) is 1. The van der Waals surface area contributed by atoms with Crippen LogP contribution in [0.1, 0.15) is 15.9 Å². The summed E-state index contributed by atoms with van der Waals surface area (Å²) in [6.07, 6.45) is 1.54. The van der Waals surface area contributed by atoms with E-state index in [4.69, 9.17) is 21.3 Å². The second kappa shape index (κ2) is 9.00. The number of aromatic nitrogens is 3. The molecule has 0 saturated carbocycles. The molecule has 5 rings (SSSR count). The second-order valence-electron chi connectivity index (χ2n) is 7.88. The van der Waals surface area contributed by atoms with Crippen LogP contribution < -0.4 is 10.1 Å². The number of hydrogen-bond donors (Lipinski definition) is 1. The highest BCUT2D eigenvalue weighted by atomic mass is 35.5. The van der Waals surface area contributed by atoms with Gasteiger partial charge in [0.1, 0.15) is 11.3 Å². The van der Waals surface area contributed by atoms with Gasteiger partial charge in [-0.05, 0) is 61.5 Å². The van der Waals surface area contributed by atoms with Crippen LogP contribution in [0.4, 0.5) is 5.69 Å². The summed E-state index contributed by atoms with van der Waals surface area (Å²) < 4.78 is 6.96. The SMILES string of the molecule is COc1ccc(-c2cc(-c3ccc(Cl)cc3)n3ncc(C(=O)Nc4ccc(C)cc4)c3n2)cc1. The van der Waals surface area contributed by atoms with Crippen LogP contribution in [-0.2, 0) is 0 Å². The van der Waals surface area contributed by atoms with E-state index in [1.54, 1.807) is 17.8 Å². The van der Waals surface area contributed by atoms with Crippen molar-refractivity contribution in [3.63, 3.8) is 0 Å². The molecule has 1 amide bonds. The molecule has 2 heterocycles. The first kappa shape index (κ1) is 21.7. The molecule has 6 nitrogen and oxygen atoms in total. The Labute approximate surface area is 201 Å². The number of nitrogens with zero attached hydrogens (tertiary/aromatic N) is 3. The molecule has 0 unspecified atom stereocenters. The van der Waals surface area contributed by atoms with Crippen molar-refractivity contribution in [3.8, 4) is 28.3 Å². The normalized spacial score (nSPS) is 10.9. The van der Waals surface area contributed by atoms with Gasteiger partial charge in [-0.2, -0.15) is 5.10 Å². The first-order valence-electron chi connectivity index (χ1n) is 10.7. The van der Waals surface area contributed by atoms with Gasteiger partial charge in [-0.25, -0.2) is 9.50 Å². The zero-order valence-electron chi connectivity index (χ0n) is 18.6. The van der Waals surface area contributed by atoms with Gasteiger partial charge in [-0.1, -0.05) is 41.4 Å². The fourth-order valence-electron chi connectivity index (χ4n) is 3.69. The summed E-state index contributed by atoms with van der Waals surface area (Å²) in [6, 6.07) is 24.7. The number of halogens is 1.